The van der Waals surface area contributed by atoms with Gasteiger partial charge in [0.25, 0.3) is 5.91 Å². The molecule has 0 saturated carbocycles. The Morgan fingerprint density at radius 1 is 0.946 bits per heavy atom. The van der Waals surface area contributed by atoms with E-state index in [1.54, 1.807) is 12.3 Å². The number of aromatic nitrogens is 1. The van der Waals surface area contributed by atoms with Crippen LogP contribution in [0.25, 0.3) is 22.2 Å². The van der Waals surface area contributed by atoms with Gasteiger partial charge in [-0.05, 0) is 64.6 Å². The SMILES string of the molecule is O=C(N/N=C/c1ccc(OCc2ccccc2Cl)c(I)c1)c1cc(-c2ccccc2)nc2ccccc12. The Kier molecular flexibility index (Phi) is 7.77. The number of benzene rings is 4. The van der Waals surface area contributed by atoms with Gasteiger partial charge >= 0.3 is 0 Å². The molecule has 5 nitrogen and oxygen atoms in total. The topological polar surface area (TPSA) is 63.6 Å². The number of pyridine rings is 1. The molecule has 37 heavy (non-hydrogen) atoms. The van der Waals surface area contributed by atoms with Gasteiger partial charge in [0.2, 0.25) is 0 Å². The van der Waals surface area contributed by atoms with Crippen LogP contribution in [0.2, 0.25) is 5.02 Å². The van der Waals surface area contributed by atoms with Gasteiger partial charge < -0.3 is 4.74 Å². The molecule has 0 fully saturated rings. The van der Waals surface area contributed by atoms with Crippen LogP contribution in [0.4, 0.5) is 0 Å². The van der Waals surface area contributed by atoms with Crippen LogP contribution in [-0.4, -0.2) is 17.1 Å². The lowest BCUT2D eigenvalue weighted by Gasteiger charge is -2.10. The van der Waals surface area contributed by atoms with Crippen molar-refractivity contribution in [2.75, 3.05) is 0 Å². The van der Waals surface area contributed by atoms with Crippen molar-refractivity contribution in [2.45, 2.75) is 6.61 Å². The Bertz CT molecular complexity index is 1610. The predicted molar refractivity (Wildman–Crippen MR) is 157 cm³/mol. The summed E-state index contributed by atoms with van der Waals surface area (Å²) < 4.78 is 6.86. The normalized spacial score (nSPS) is 11.1. The number of hydrogen-bond donors (Lipinski definition) is 1. The molecule has 5 aromatic rings. The quantitative estimate of drug-likeness (QED) is 0.117. The van der Waals surface area contributed by atoms with Gasteiger partial charge in [-0.2, -0.15) is 5.10 Å². The van der Waals surface area contributed by atoms with E-state index in [1.165, 1.54) is 0 Å². The summed E-state index contributed by atoms with van der Waals surface area (Å²) in [4.78, 5) is 17.9. The largest absolute Gasteiger partial charge is 0.488 e. The van der Waals surface area contributed by atoms with Gasteiger partial charge in [0.15, 0.2) is 0 Å². The van der Waals surface area contributed by atoms with Crippen molar-refractivity contribution in [1.82, 2.24) is 10.4 Å². The van der Waals surface area contributed by atoms with Gasteiger partial charge in [-0.3, -0.25) is 4.79 Å². The van der Waals surface area contributed by atoms with Crippen molar-refractivity contribution in [3.8, 4) is 17.0 Å². The first-order valence-electron chi connectivity index (χ1n) is 11.5. The Hall–Kier alpha value is -3.75. The standard InChI is InChI=1S/C30H21ClIN3O2/c31-25-12-6-4-10-22(25)19-37-29-15-14-20(16-26(29)32)18-33-35-30(36)24-17-28(21-8-2-1-3-9-21)34-27-13-7-5-11-23(24)27/h1-18H,19H2,(H,35,36)/b33-18+. The third-order valence-electron chi connectivity index (χ3n) is 5.71. The number of halogens is 2. The maximum atomic E-state index is 13.1. The van der Waals surface area contributed by atoms with Crippen molar-refractivity contribution < 1.29 is 9.53 Å². The van der Waals surface area contributed by atoms with E-state index in [0.717, 1.165) is 42.6 Å². The first-order chi connectivity index (χ1) is 18.1. The fraction of sp³-hybridized carbons (Fsp3) is 0.0333. The number of hydrogen-bond acceptors (Lipinski definition) is 4. The van der Waals surface area contributed by atoms with Gasteiger partial charge in [0.1, 0.15) is 12.4 Å². The van der Waals surface area contributed by atoms with Crippen molar-refractivity contribution in [2.24, 2.45) is 5.10 Å². The molecule has 5 rings (SSSR count). The van der Waals surface area contributed by atoms with E-state index < -0.39 is 0 Å². The van der Waals surface area contributed by atoms with Crippen molar-refractivity contribution >= 4 is 57.2 Å². The van der Waals surface area contributed by atoms with Crippen LogP contribution in [-0.2, 0) is 6.61 Å². The van der Waals surface area contributed by atoms with E-state index >= 15 is 0 Å². The molecule has 0 atom stereocenters. The molecule has 4 aromatic carbocycles. The molecule has 1 amide bonds. The van der Waals surface area contributed by atoms with E-state index in [-0.39, 0.29) is 5.91 Å². The maximum absolute atomic E-state index is 13.1. The molecule has 0 aliphatic carbocycles. The molecule has 182 valence electrons. The number of para-hydroxylation sites is 1. The van der Waals surface area contributed by atoms with Gasteiger partial charge in [0, 0.05) is 21.5 Å². The number of fused-ring (bicyclic) bond motifs is 1. The van der Waals surface area contributed by atoms with Crippen LogP contribution in [0, 0.1) is 3.57 Å². The summed E-state index contributed by atoms with van der Waals surface area (Å²) in [6, 6.07) is 32.5. The van der Waals surface area contributed by atoms with Crippen LogP contribution in [0.3, 0.4) is 0 Å². The molecule has 7 heteroatoms. The monoisotopic (exact) mass is 617 g/mol. The highest BCUT2D eigenvalue weighted by molar-refractivity contribution is 14.1. The Morgan fingerprint density at radius 3 is 2.51 bits per heavy atom. The second-order valence-electron chi connectivity index (χ2n) is 8.21. The number of carbonyl (C=O) groups is 1. The highest BCUT2D eigenvalue weighted by Gasteiger charge is 2.13. The zero-order valence-corrected chi connectivity index (χ0v) is 22.5. The minimum atomic E-state index is -0.304. The fourth-order valence-corrected chi connectivity index (χ4v) is 4.72. The molecule has 0 radical (unpaired) electrons. The molecule has 0 spiro atoms. The van der Waals surface area contributed by atoms with Crippen molar-refractivity contribution in [1.29, 1.82) is 0 Å². The molecule has 0 bridgehead atoms. The smallest absolute Gasteiger partial charge is 0.272 e. The van der Waals surface area contributed by atoms with Crippen LogP contribution in [0.5, 0.6) is 5.75 Å². The van der Waals surface area contributed by atoms with E-state index in [4.69, 9.17) is 21.3 Å². The van der Waals surface area contributed by atoms with E-state index in [2.05, 4.69) is 33.1 Å². The fourth-order valence-electron chi connectivity index (χ4n) is 3.83. The summed E-state index contributed by atoms with van der Waals surface area (Å²) >= 11 is 8.43. The second-order valence-corrected chi connectivity index (χ2v) is 9.78. The summed E-state index contributed by atoms with van der Waals surface area (Å²) in [7, 11) is 0. The number of nitrogens with zero attached hydrogens (tertiary/aromatic N) is 2. The number of amides is 1. The van der Waals surface area contributed by atoms with Crippen LogP contribution in [0.15, 0.2) is 108 Å². The number of ether oxygens (including phenoxy) is 1. The molecule has 1 heterocycles. The number of rotatable bonds is 7. The lowest BCUT2D eigenvalue weighted by atomic mass is 10.0. The van der Waals surface area contributed by atoms with Crippen LogP contribution in [0.1, 0.15) is 21.5 Å². The van der Waals surface area contributed by atoms with E-state index in [9.17, 15) is 4.79 Å². The molecule has 0 saturated heterocycles. The molecule has 1 aromatic heterocycles. The molecular formula is C30H21ClIN3O2. The van der Waals surface area contributed by atoms with Crippen molar-refractivity contribution in [3.05, 3.63) is 128 Å². The first kappa shape index (κ1) is 24.9. The lowest BCUT2D eigenvalue weighted by molar-refractivity contribution is 0.0956. The predicted octanol–water partition coefficient (Wildman–Crippen LogP) is 7.50. The number of hydrazone groups is 1. The highest BCUT2D eigenvalue weighted by Crippen LogP contribution is 2.26. The summed E-state index contributed by atoms with van der Waals surface area (Å²) in [5, 5.41) is 5.64. The molecular weight excluding hydrogens is 597 g/mol. The summed E-state index contributed by atoms with van der Waals surface area (Å²) in [5.74, 6) is 0.444. The minimum Gasteiger partial charge on any atom is -0.488 e. The molecule has 0 unspecified atom stereocenters. The van der Waals surface area contributed by atoms with Crippen molar-refractivity contribution in [3.63, 3.8) is 0 Å². The summed E-state index contributed by atoms with van der Waals surface area (Å²) in [6.07, 6.45) is 1.61. The average Bonchev–Trinajstić information content (AvgIpc) is 2.93. The van der Waals surface area contributed by atoms with Gasteiger partial charge in [-0.15, -0.1) is 0 Å². The maximum Gasteiger partial charge on any atom is 0.272 e. The minimum absolute atomic E-state index is 0.304. The first-order valence-corrected chi connectivity index (χ1v) is 13.0. The third-order valence-corrected chi connectivity index (χ3v) is 6.92. The zero-order chi connectivity index (χ0) is 25.6. The van der Waals surface area contributed by atoms with Gasteiger partial charge in [-0.1, -0.05) is 78.3 Å². The van der Waals surface area contributed by atoms with Gasteiger partial charge in [-0.25, -0.2) is 10.4 Å². The van der Waals surface area contributed by atoms with Crippen LogP contribution >= 0.6 is 34.2 Å². The number of carbonyl (C=O) groups excluding carboxylic acids is 1. The Labute approximate surface area is 233 Å². The lowest BCUT2D eigenvalue weighted by Crippen LogP contribution is -2.18. The zero-order valence-electron chi connectivity index (χ0n) is 19.6. The number of nitrogens with one attached hydrogen (secondary N) is 1. The van der Waals surface area contributed by atoms with E-state index in [0.29, 0.717) is 17.2 Å². The molecule has 0 aliphatic rings. The molecule has 0 aliphatic heterocycles. The highest BCUT2D eigenvalue weighted by atomic mass is 127. The second kappa shape index (κ2) is 11.5. The van der Waals surface area contributed by atoms with Crippen LogP contribution < -0.4 is 10.2 Å². The summed E-state index contributed by atoms with van der Waals surface area (Å²) in [5.41, 5.74) is 7.35. The Balaban J connectivity index is 1.30. The summed E-state index contributed by atoms with van der Waals surface area (Å²) in [6.45, 7) is 0.379. The van der Waals surface area contributed by atoms with E-state index in [1.807, 2.05) is 97.1 Å². The van der Waals surface area contributed by atoms with Gasteiger partial charge in [0.05, 0.1) is 26.6 Å². The average molecular weight is 618 g/mol. The third kappa shape index (κ3) is 5.98. The Morgan fingerprint density at radius 2 is 1.70 bits per heavy atom. The molecule has 1 N–H and O–H groups in total.